The van der Waals surface area contributed by atoms with Gasteiger partial charge in [0.2, 0.25) is 0 Å². The maximum Gasteiger partial charge on any atom is 0.337 e. The molecule has 21 heavy (non-hydrogen) atoms. The van der Waals surface area contributed by atoms with Crippen molar-refractivity contribution in [2.75, 3.05) is 7.11 Å². The van der Waals surface area contributed by atoms with Crippen LogP contribution >= 0.6 is 0 Å². The van der Waals surface area contributed by atoms with Crippen LogP contribution in [0.2, 0.25) is 0 Å². The van der Waals surface area contributed by atoms with Crippen LogP contribution in [0.4, 0.5) is 0 Å². The molecule has 0 radical (unpaired) electrons. The molecule has 0 aliphatic rings. The fourth-order valence-corrected chi connectivity index (χ4v) is 1.81. The van der Waals surface area contributed by atoms with E-state index in [-0.39, 0.29) is 5.56 Å². The molecule has 0 spiro atoms. The van der Waals surface area contributed by atoms with Crippen LogP contribution < -0.4 is 5.73 Å². The number of ether oxygens (including phenoxy) is 2. The Morgan fingerprint density at radius 2 is 1.90 bits per heavy atom. The number of carbonyl (C=O) groups is 2. The van der Waals surface area contributed by atoms with E-state index in [1.807, 2.05) is 0 Å². The van der Waals surface area contributed by atoms with Gasteiger partial charge in [-0.3, -0.25) is 4.79 Å². The van der Waals surface area contributed by atoms with Gasteiger partial charge in [0, 0.05) is 0 Å². The lowest BCUT2D eigenvalue weighted by Crippen LogP contribution is -2.37. The number of rotatable bonds is 4. The molecule has 0 bridgehead atoms. The highest BCUT2D eigenvalue weighted by molar-refractivity contribution is 5.90. The third-order valence-electron chi connectivity index (χ3n) is 2.67. The summed E-state index contributed by atoms with van der Waals surface area (Å²) in [5.41, 5.74) is 5.44. The summed E-state index contributed by atoms with van der Waals surface area (Å²) in [5.74, 6) is -2.26. The zero-order chi connectivity index (χ0) is 16.2. The molecule has 1 aromatic carbocycles. The molecule has 116 valence electrons. The third-order valence-corrected chi connectivity index (χ3v) is 2.67. The quantitative estimate of drug-likeness (QED) is 0.639. The highest BCUT2D eigenvalue weighted by Crippen LogP contribution is 2.23. The van der Waals surface area contributed by atoms with Gasteiger partial charge in [-0.2, -0.15) is 0 Å². The average molecular weight is 295 g/mol. The first kappa shape index (κ1) is 17.1. The summed E-state index contributed by atoms with van der Waals surface area (Å²) in [7, 11) is 1.26. The van der Waals surface area contributed by atoms with E-state index in [0.717, 1.165) is 0 Å². The SMILES string of the molecule is COC(=O)c1cccc(C(C(=O)OC(C)(C)C)C(N)O)c1. The van der Waals surface area contributed by atoms with Gasteiger partial charge < -0.3 is 20.3 Å². The summed E-state index contributed by atoms with van der Waals surface area (Å²) < 4.78 is 9.87. The monoisotopic (exact) mass is 295 g/mol. The van der Waals surface area contributed by atoms with Crippen LogP contribution in [0, 0.1) is 0 Å². The molecule has 1 aromatic rings. The minimum atomic E-state index is -1.44. The van der Waals surface area contributed by atoms with Crippen LogP contribution in [0.3, 0.4) is 0 Å². The Morgan fingerprint density at radius 3 is 2.38 bits per heavy atom. The van der Waals surface area contributed by atoms with Crippen LogP contribution in [-0.4, -0.2) is 36.0 Å². The molecule has 0 saturated heterocycles. The van der Waals surface area contributed by atoms with Crippen LogP contribution in [-0.2, 0) is 14.3 Å². The molecular formula is C15H21NO5. The Hall–Kier alpha value is -1.92. The van der Waals surface area contributed by atoms with Gasteiger partial charge >= 0.3 is 11.9 Å². The smallest absolute Gasteiger partial charge is 0.337 e. The number of hydrogen-bond acceptors (Lipinski definition) is 6. The van der Waals surface area contributed by atoms with Gasteiger partial charge in [0.25, 0.3) is 0 Å². The zero-order valence-corrected chi connectivity index (χ0v) is 12.6. The first-order valence-corrected chi connectivity index (χ1v) is 6.50. The van der Waals surface area contributed by atoms with E-state index in [1.165, 1.54) is 13.2 Å². The second-order valence-electron chi connectivity index (χ2n) is 5.62. The Labute approximate surface area is 123 Å². The number of methoxy groups -OCH3 is 1. The maximum absolute atomic E-state index is 12.2. The third kappa shape index (κ3) is 4.84. The predicted molar refractivity (Wildman–Crippen MR) is 76.6 cm³/mol. The summed E-state index contributed by atoms with van der Waals surface area (Å²) in [6.45, 7) is 5.15. The fourth-order valence-electron chi connectivity index (χ4n) is 1.81. The lowest BCUT2D eigenvalue weighted by atomic mass is 9.95. The first-order chi connectivity index (χ1) is 9.65. The van der Waals surface area contributed by atoms with Crippen LogP contribution in [0.25, 0.3) is 0 Å². The van der Waals surface area contributed by atoms with Gasteiger partial charge in [0.05, 0.1) is 12.7 Å². The van der Waals surface area contributed by atoms with E-state index in [2.05, 4.69) is 4.74 Å². The van der Waals surface area contributed by atoms with Gasteiger partial charge in [0.1, 0.15) is 17.7 Å². The van der Waals surface area contributed by atoms with Gasteiger partial charge in [-0.15, -0.1) is 0 Å². The Bertz CT molecular complexity index is 519. The number of aliphatic hydroxyl groups is 1. The summed E-state index contributed by atoms with van der Waals surface area (Å²) in [6, 6.07) is 6.18. The van der Waals surface area contributed by atoms with E-state index in [1.54, 1.807) is 39.0 Å². The average Bonchev–Trinajstić information content (AvgIpc) is 2.35. The van der Waals surface area contributed by atoms with E-state index >= 15 is 0 Å². The molecule has 0 saturated carbocycles. The molecule has 0 amide bonds. The summed E-state index contributed by atoms with van der Waals surface area (Å²) >= 11 is 0. The van der Waals surface area contributed by atoms with Crippen molar-refractivity contribution in [3.05, 3.63) is 35.4 Å². The maximum atomic E-state index is 12.2. The van der Waals surface area contributed by atoms with Crippen molar-refractivity contribution in [1.29, 1.82) is 0 Å². The number of carbonyl (C=O) groups excluding carboxylic acids is 2. The lowest BCUT2D eigenvalue weighted by Gasteiger charge is -2.25. The van der Waals surface area contributed by atoms with Crippen LogP contribution in [0.5, 0.6) is 0 Å². The summed E-state index contributed by atoms with van der Waals surface area (Å²) in [4.78, 5) is 23.7. The molecule has 6 nitrogen and oxygen atoms in total. The Balaban J connectivity index is 3.12. The molecule has 0 aromatic heterocycles. The number of nitrogens with two attached hydrogens (primary N) is 1. The molecule has 6 heteroatoms. The van der Waals surface area contributed by atoms with Gasteiger partial charge in [-0.1, -0.05) is 12.1 Å². The minimum Gasteiger partial charge on any atom is -0.465 e. The molecular weight excluding hydrogens is 274 g/mol. The number of benzene rings is 1. The van der Waals surface area contributed by atoms with Crippen molar-refractivity contribution in [3.8, 4) is 0 Å². The molecule has 0 aliphatic heterocycles. The van der Waals surface area contributed by atoms with E-state index < -0.39 is 29.7 Å². The van der Waals surface area contributed by atoms with Crippen molar-refractivity contribution >= 4 is 11.9 Å². The first-order valence-electron chi connectivity index (χ1n) is 6.50. The van der Waals surface area contributed by atoms with E-state index in [4.69, 9.17) is 10.5 Å². The number of esters is 2. The fraction of sp³-hybridized carbons (Fsp3) is 0.467. The van der Waals surface area contributed by atoms with Crippen molar-refractivity contribution < 1.29 is 24.2 Å². The van der Waals surface area contributed by atoms with Gasteiger partial charge in [-0.05, 0) is 38.5 Å². The number of aliphatic hydroxyl groups excluding tert-OH is 1. The topological polar surface area (TPSA) is 98.9 Å². The zero-order valence-electron chi connectivity index (χ0n) is 12.6. The second kappa shape index (κ2) is 6.69. The lowest BCUT2D eigenvalue weighted by molar-refractivity contribution is -0.159. The second-order valence-corrected chi connectivity index (χ2v) is 5.62. The van der Waals surface area contributed by atoms with Gasteiger partial charge in [-0.25, -0.2) is 4.79 Å². The standard InChI is InChI=1S/C15H21NO5/c1-15(2,3)21-14(19)11(12(16)17)9-6-5-7-10(8-9)13(18)20-4/h5-8,11-12,17H,16H2,1-4H3. The highest BCUT2D eigenvalue weighted by Gasteiger charge is 2.31. The van der Waals surface area contributed by atoms with E-state index in [9.17, 15) is 14.7 Å². The normalized spacial score (nSPS) is 14.2. The Morgan fingerprint density at radius 1 is 1.29 bits per heavy atom. The molecule has 0 aliphatic carbocycles. The molecule has 1 rings (SSSR count). The van der Waals surface area contributed by atoms with Crippen LogP contribution in [0.15, 0.2) is 24.3 Å². The molecule has 0 heterocycles. The van der Waals surface area contributed by atoms with Crippen LogP contribution in [0.1, 0.15) is 42.6 Å². The van der Waals surface area contributed by atoms with Crippen molar-refractivity contribution in [2.24, 2.45) is 5.73 Å². The molecule has 2 unspecified atom stereocenters. The summed E-state index contributed by atoms with van der Waals surface area (Å²) in [5, 5.41) is 9.68. The van der Waals surface area contributed by atoms with Crippen molar-refractivity contribution in [2.45, 2.75) is 38.5 Å². The van der Waals surface area contributed by atoms with Crippen molar-refractivity contribution in [1.82, 2.24) is 0 Å². The van der Waals surface area contributed by atoms with Gasteiger partial charge in [0.15, 0.2) is 0 Å². The highest BCUT2D eigenvalue weighted by atomic mass is 16.6. The summed E-state index contributed by atoms with van der Waals surface area (Å²) in [6.07, 6.45) is -1.44. The predicted octanol–water partition coefficient (Wildman–Crippen LogP) is 1.18. The Kier molecular flexibility index (Phi) is 5.46. The van der Waals surface area contributed by atoms with Crippen molar-refractivity contribution in [3.63, 3.8) is 0 Å². The molecule has 2 atom stereocenters. The molecule has 0 fully saturated rings. The largest absolute Gasteiger partial charge is 0.465 e. The minimum absolute atomic E-state index is 0.268. The molecule has 3 N–H and O–H groups in total. The number of hydrogen-bond donors (Lipinski definition) is 2. The van der Waals surface area contributed by atoms with E-state index in [0.29, 0.717) is 5.56 Å².